The molecule has 0 radical (unpaired) electrons. The second-order valence-electron chi connectivity index (χ2n) is 1.76. The highest BCUT2D eigenvalue weighted by molar-refractivity contribution is 7.84. The summed E-state index contributed by atoms with van der Waals surface area (Å²) in [5.41, 5.74) is 0. The highest BCUT2D eigenvalue weighted by atomic mass is 32.2. The first-order chi connectivity index (χ1) is 5.54. The molecule has 0 fully saturated rings. The zero-order valence-electron chi connectivity index (χ0n) is 7.31. The molecule has 0 amide bonds. The summed E-state index contributed by atoms with van der Waals surface area (Å²) in [6.07, 6.45) is 1.25. The summed E-state index contributed by atoms with van der Waals surface area (Å²) < 4.78 is 35.8. The van der Waals surface area contributed by atoms with Crippen LogP contribution in [0.2, 0.25) is 0 Å². The van der Waals surface area contributed by atoms with Gasteiger partial charge >= 0.3 is 7.82 Å². The Labute approximate surface area is 74.7 Å². The van der Waals surface area contributed by atoms with Gasteiger partial charge in [0.1, 0.15) is 0 Å². The molecule has 0 aromatic rings. The lowest BCUT2D eigenvalue weighted by molar-refractivity contribution is 0.173. The maximum Gasteiger partial charge on any atom is 0.487 e. The molecule has 0 rings (SSSR count). The van der Waals surface area contributed by atoms with Gasteiger partial charge < -0.3 is 0 Å². The lowest BCUT2D eigenvalue weighted by Gasteiger charge is -2.13. The van der Waals surface area contributed by atoms with Gasteiger partial charge in [0.25, 0.3) is 0 Å². The fourth-order valence-corrected chi connectivity index (χ4v) is 2.60. The molecule has 0 saturated carbocycles. The largest absolute Gasteiger partial charge is 0.487 e. The summed E-state index contributed by atoms with van der Waals surface area (Å²) in [5, 5.41) is 0. The first kappa shape index (κ1) is 12.3. The van der Waals surface area contributed by atoms with E-state index in [2.05, 4.69) is 3.97 Å². The fraction of sp³-hybridized carbons (Fsp3) is 1.00. The quantitative estimate of drug-likeness (QED) is 0.629. The Morgan fingerprint density at radius 3 is 1.92 bits per heavy atom. The maximum atomic E-state index is 11.4. The second-order valence-corrected chi connectivity index (χ2v) is 4.57. The Morgan fingerprint density at radius 2 is 1.67 bits per heavy atom. The van der Waals surface area contributed by atoms with Crippen molar-refractivity contribution in [2.24, 2.45) is 0 Å². The molecule has 74 valence electrons. The summed E-state index contributed by atoms with van der Waals surface area (Å²) in [5.74, 6) is 0. The summed E-state index contributed by atoms with van der Waals surface area (Å²) in [6.45, 7) is 3.67. The highest BCUT2D eigenvalue weighted by Crippen LogP contribution is 2.49. The average molecular weight is 216 g/mol. The maximum absolute atomic E-state index is 11.4. The van der Waals surface area contributed by atoms with E-state index >= 15 is 0 Å². The molecule has 7 heteroatoms. The van der Waals surface area contributed by atoms with Crippen LogP contribution < -0.4 is 0 Å². The van der Waals surface area contributed by atoms with E-state index in [1.807, 2.05) is 0 Å². The van der Waals surface area contributed by atoms with E-state index in [9.17, 15) is 8.77 Å². The summed E-state index contributed by atoms with van der Waals surface area (Å²) in [6, 6.07) is 0. The van der Waals surface area contributed by atoms with Crippen molar-refractivity contribution in [1.29, 1.82) is 0 Å². The van der Waals surface area contributed by atoms with Gasteiger partial charge in [-0.05, 0) is 13.8 Å². The van der Waals surface area contributed by atoms with E-state index in [1.54, 1.807) is 13.8 Å². The molecule has 0 aliphatic carbocycles. The van der Waals surface area contributed by atoms with Crippen molar-refractivity contribution in [1.82, 2.24) is 0 Å². The Morgan fingerprint density at radius 1 is 1.25 bits per heavy atom. The molecule has 0 heterocycles. The van der Waals surface area contributed by atoms with Crippen molar-refractivity contribution in [3.05, 3.63) is 0 Å². The Balaban J connectivity index is 4.18. The van der Waals surface area contributed by atoms with Crippen molar-refractivity contribution in [2.75, 3.05) is 19.5 Å². The van der Waals surface area contributed by atoms with Crippen molar-refractivity contribution >= 4 is 18.9 Å². The molecular formula is C5H13O5PS. The predicted octanol–water partition coefficient (Wildman–Crippen LogP) is 1.48. The average Bonchev–Trinajstić information content (AvgIpc) is 1.85. The van der Waals surface area contributed by atoms with Crippen LogP contribution in [0.3, 0.4) is 0 Å². The molecule has 0 saturated heterocycles. The predicted molar refractivity (Wildman–Crippen MR) is 46.0 cm³/mol. The Hall–Kier alpha value is 0.260. The van der Waals surface area contributed by atoms with Crippen LogP contribution in [0, 0.1) is 0 Å². The van der Waals surface area contributed by atoms with Gasteiger partial charge in [-0.3, -0.25) is 9.05 Å². The fourth-order valence-electron chi connectivity index (χ4n) is 0.525. The van der Waals surface area contributed by atoms with E-state index in [-0.39, 0.29) is 13.2 Å². The summed E-state index contributed by atoms with van der Waals surface area (Å²) in [4.78, 5) is 0. The third kappa shape index (κ3) is 5.00. The molecule has 12 heavy (non-hydrogen) atoms. The molecule has 0 N–H and O–H groups in total. The van der Waals surface area contributed by atoms with Gasteiger partial charge in [0.2, 0.25) is 0 Å². The van der Waals surface area contributed by atoms with Crippen LogP contribution in [0.5, 0.6) is 0 Å². The number of hydrogen-bond donors (Lipinski definition) is 0. The number of phosphoric ester groups is 1. The van der Waals surface area contributed by atoms with Crippen molar-refractivity contribution in [2.45, 2.75) is 13.8 Å². The molecule has 0 aliphatic rings. The minimum Gasteiger partial charge on any atom is -0.286 e. The summed E-state index contributed by atoms with van der Waals surface area (Å²) in [7, 11) is -3.58. The molecular weight excluding hydrogens is 203 g/mol. The topological polar surface area (TPSA) is 61.8 Å². The van der Waals surface area contributed by atoms with E-state index in [1.165, 1.54) is 6.26 Å². The van der Waals surface area contributed by atoms with E-state index in [4.69, 9.17) is 9.05 Å². The van der Waals surface area contributed by atoms with Crippen LogP contribution >= 0.6 is 7.82 Å². The molecule has 0 aliphatic heterocycles. The highest BCUT2D eigenvalue weighted by Gasteiger charge is 2.27. The molecule has 1 unspecified atom stereocenters. The van der Waals surface area contributed by atoms with Gasteiger partial charge in [0.15, 0.2) is 11.1 Å². The standard InChI is InChI=1S/C5H13O5PS/c1-4-8-11(6,9-5-2)10-12(3)7/h4-5H2,1-3H3. The van der Waals surface area contributed by atoms with Crippen LogP contribution in [0.25, 0.3) is 0 Å². The second kappa shape index (κ2) is 5.83. The monoisotopic (exact) mass is 216 g/mol. The zero-order valence-corrected chi connectivity index (χ0v) is 9.02. The van der Waals surface area contributed by atoms with Gasteiger partial charge in [-0.15, -0.1) is 0 Å². The molecule has 0 aromatic heterocycles. The molecule has 5 nitrogen and oxygen atoms in total. The number of hydrogen-bond acceptors (Lipinski definition) is 5. The molecule has 0 spiro atoms. The van der Waals surface area contributed by atoms with Gasteiger partial charge in [-0.25, -0.2) is 8.77 Å². The van der Waals surface area contributed by atoms with Crippen LogP contribution in [0.4, 0.5) is 0 Å². The van der Waals surface area contributed by atoms with Crippen LogP contribution in [-0.4, -0.2) is 23.7 Å². The first-order valence-electron chi connectivity index (χ1n) is 3.46. The van der Waals surface area contributed by atoms with Crippen molar-refractivity contribution in [3.63, 3.8) is 0 Å². The lowest BCUT2D eigenvalue weighted by Crippen LogP contribution is -2.01. The lowest BCUT2D eigenvalue weighted by atomic mass is 10.9. The molecule has 0 bridgehead atoms. The van der Waals surface area contributed by atoms with Crippen molar-refractivity contribution in [3.8, 4) is 0 Å². The van der Waals surface area contributed by atoms with E-state index in [0.717, 1.165) is 0 Å². The smallest absolute Gasteiger partial charge is 0.286 e. The minimum absolute atomic E-state index is 0.189. The zero-order chi connectivity index (χ0) is 9.61. The normalized spacial score (nSPS) is 14.6. The third-order valence-electron chi connectivity index (χ3n) is 0.771. The molecule has 1 atom stereocenters. The van der Waals surface area contributed by atoms with Gasteiger partial charge in [-0.2, -0.15) is 3.97 Å². The van der Waals surface area contributed by atoms with Crippen molar-refractivity contribution < 1.29 is 21.8 Å². The number of phosphoric acid groups is 1. The SMILES string of the molecule is CCOP(=O)(OCC)OS(C)=O. The van der Waals surface area contributed by atoms with Gasteiger partial charge in [0, 0.05) is 6.26 Å². The minimum atomic E-state index is -3.58. The van der Waals surface area contributed by atoms with Crippen LogP contribution in [-0.2, 0) is 28.7 Å². The van der Waals surface area contributed by atoms with Crippen LogP contribution in [0.15, 0.2) is 0 Å². The first-order valence-corrected chi connectivity index (χ1v) is 6.41. The van der Waals surface area contributed by atoms with E-state index in [0.29, 0.717) is 0 Å². The van der Waals surface area contributed by atoms with E-state index < -0.39 is 18.9 Å². The summed E-state index contributed by atoms with van der Waals surface area (Å²) >= 11 is -1.65. The van der Waals surface area contributed by atoms with Gasteiger partial charge in [0.05, 0.1) is 13.2 Å². The number of rotatable bonds is 6. The van der Waals surface area contributed by atoms with Gasteiger partial charge in [-0.1, -0.05) is 0 Å². The Bertz CT molecular complexity index is 184. The Kier molecular flexibility index (Phi) is 5.96. The van der Waals surface area contributed by atoms with Crippen LogP contribution in [0.1, 0.15) is 13.8 Å². The molecule has 0 aromatic carbocycles. The third-order valence-corrected chi connectivity index (χ3v) is 3.49.